The van der Waals surface area contributed by atoms with Crippen LogP contribution < -0.4 is 10.9 Å². The molecule has 0 fully saturated rings. The van der Waals surface area contributed by atoms with Crippen molar-refractivity contribution in [3.63, 3.8) is 0 Å². The van der Waals surface area contributed by atoms with Crippen LogP contribution in [-0.2, 0) is 29.7 Å². The average Bonchev–Trinajstić information content (AvgIpc) is 3.56. The number of thiophene rings is 1. The van der Waals surface area contributed by atoms with Gasteiger partial charge >= 0.3 is 5.97 Å². The second-order valence-electron chi connectivity index (χ2n) is 6.93. The number of para-hydroxylation sites is 1. The lowest BCUT2D eigenvalue weighted by Gasteiger charge is -2.11. The number of hydrogen-bond donors (Lipinski definition) is 1. The molecular formula is C19H15N9O4S. The van der Waals surface area contributed by atoms with E-state index in [-0.39, 0.29) is 30.0 Å². The van der Waals surface area contributed by atoms with Gasteiger partial charge in [0.25, 0.3) is 5.56 Å². The lowest BCUT2D eigenvalue weighted by Crippen LogP contribution is -2.21. The van der Waals surface area contributed by atoms with Gasteiger partial charge in [-0.15, -0.1) is 26.6 Å². The third-order valence-corrected chi connectivity index (χ3v) is 5.74. The van der Waals surface area contributed by atoms with E-state index >= 15 is 0 Å². The van der Waals surface area contributed by atoms with Crippen LogP contribution in [0.25, 0.3) is 16.0 Å². The number of aromatic nitrogens is 8. The van der Waals surface area contributed by atoms with E-state index in [9.17, 15) is 14.4 Å². The number of aryl methyl sites for hydroxylation is 1. The molecule has 0 unspecified atom stereocenters. The Labute approximate surface area is 188 Å². The van der Waals surface area contributed by atoms with E-state index in [0.717, 1.165) is 0 Å². The van der Waals surface area contributed by atoms with Crippen LogP contribution in [0.5, 0.6) is 0 Å². The molecule has 0 aliphatic carbocycles. The number of nitrogens with one attached hydrogen (secondary N) is 1. The van der Waals surface area contributed by atoms with Gasteiger partial charge in [0, 0.05) is 7.05 Å². The lowest BCUT2D eigenvalue weighted by atomic mass is 10.2. The molecule has 4 heterocycles. The molecule has 5 rings (SSSR count). The summed E-state index contributed by atoms with van der Waals surface area (Å²) < 4.78 is 10.3. The molecular weight excluding hydrogens is 450 g/mol. The zero-order chi connectivity index (χ0) is 22.9. The van der Waals surface area contributed by atoms with Gasteiger partial charge in [-0.25, -0.2) is 9.48 Å². The van der Waals surface area contributed by atoms with Crippen molar-refractivity contribution >= 4 is 44.9 Å². The third-order valence-electron chi connectivity index (χ3n) is 4.85. The highest BCUT2D eigenvalue weighted by molar-refractivity contribution is 7.17. The van der Waals surface area contributed by atoms with Crippen LogP contribution in [0.4, 0.5) is 5.69 Å². The minimum atomic E-state index is -0.656. The van der Waals surface area contributed by atoms with E-state index in [1.165, 1.54) is 33.0 Å². The lowest BCUT2D eigenvalue weighted by molar-refractivity contribution is -0.116. The van der Waals surface area contributed by atoms with E-state index in [4.69, 9.17) is 4.74 Å². The number of ether oxygens (including phenoxy) is 1. The number of carbonyl (C=O) groups is 2. The number of hydrogen-bond acceptors (Lipinski definition) is 10. The Kier molecular flexibility index (Phi) is 5.10. The normalized spacial score (nSPS) is 11.2. The Bertz CT molecular complexity index is 1550. The maximum atomic E-state index is 12.8. The van der Waals surface area contributed by atoms with Crippen molar-refractivity contribution in [1.82, 2.24) is 39.4 Å². The Morgan fingerprint density at radius 2 is 2.03 bits per heavy atom. The Morgan fingerprint density at radius 1 is 1.18 bits per heavy atom. The second kappa shape index (κ2) is 8.23. The summed E-state index contributed by atoms with van der Waals surface area (Å²) in [6.45, 7) is -0.298. The number of esters is 1. The van der Waals surface area contributed by atoms with Crippen LogP contribution >= 0.6 is 11.3 Å². The van der Waals surface area contributed by atoms with Gasteiger partial charge in [0.05, 0.1) is 16.8 Å². The highest BCUT2D eigenvalue weighted by Gasteiger charge is 2.19. The Balaban J connectivity index is 1.37. The topological polar surface area (TPSA) is 151 Å². The van der Waals surface area contributed by atoms with Crippen molar-refractivity contribution in [3.05, 3.63) is 63.8 Å². The number of carbonyl (C=O) groups excluding carboxylic acids is 2. The highest BCUT2D eigenvalue weighted by Crippen LogP contribution is 2.21. The minimum absolute atomic E-state index is 0.114. The van der Waals surface area contributed by atoms with Gasteiger partial charge in [0.15, 0.2) is 12.4 Å². The smallest absolute Gasteiger partial charge is 0.340 e. The molecule has 0 radical (unpaired) electrons. The van der Waals surface area contributed by atoms with Crippen LogP contribution in [0.15, 0.2) is 46.8 Å². The third kappa shape index (κ3) is 3.71. The zero-order valence-electron chi connectivity index (χ0n) is 17.1. The van der Waals surface area contributed by atoms with Gasteiger partial charge in [-0.05, 0) is 34.0 Å². The molecule has 14 heteroatoms. The van der Waals surface area contributed by atoms with Gasteiger partial charge in [-0.3, -0.25) is 18.6 Å². The number of amides is 1. The van der Waals surface area contributed by atoms with Crippen molar-refractivity contribution < 1.29 is 14.3 Å². The quantitative estimate of drug-likeness (QED) is 0.356. The van der Waals surface area contributed by atoms with Crippen LogP contribution in [0.3, 0.4) is 0 Å². The van der Waals surface area contributed by atoms with Crippen LogP contribution in [0, 0.1) is 0 Å². The molecule has 0 saturated carbocycles. The maximum Gasteiger partial charge on any atom is 0.340 e. The average molecular weight is 465 g/mol. The number of tetrazole rings is 1. The predicted molar refractivity (Wildman–Crippen MR) is 116 cm³/mol. The van der Waals surface area contributed by atoms with Gasteiger partial charge in [-0.1, -0.05) is 12.1 Å². The number of fused-ring (bicyclic) bond motifs is 3. The van der Waals surface area contributed by atoms with E-state index in [1.54, 1.807) is 41.1 Å². The molecule has 166 valence electrons. The summed E-state index contributed by atoms with van der Waals surface area (Å²) in [5, 5.41) is 23.2. The molecule has 0 spiro atoms. The standard InChI is InChI=1S/C19H15N9O4S/c1-26-17(30)16-13(6-7-33-16)28-14(22-23-19(26)28)9-32-18(31)11-4-2-3-5-12(11)21-15(29)8-27-10-20-24-25-27/h2-7,10H,8-9H2,1H3,(H,21,29). The SMILES string of the molecule is Cn1c(=O)c2sccc2n2c(COC(=O)c3ccccc3NC(=O)Cn3cnnn3)nnc12. The number of benzene rings is 1. The van der Waals surface area contributed by atoms with Gasteiger partial charge in [0.2, 0.25) is 11.7 Å². The largest absolute Gasteiger partial charge is 0.454 e. The summed E-state index contributed by atoms with van der Waals surface area (Å²) in [6.07, 6.45) is 1.31. The first-order valence-electron chi connectivity index (χ1n) is 9.60. The molecule has 5 aromatic rings. The second-order valence-corrected chi connectivity index (χ2v) is 7.84. The summed E-state index contributed by atoms with van der Waals surface area (Å²) >= 11 is 1.31. The van der Waals surface area contributed by atoms with Crippen molar-refractivity contribution in [3.8, 4) is 0 Å². The summed E-state index contributed by atoms with van der Waals surface area (Å²) in [5.74, 6) is -0.368. The molecule has 0 aliphatic heterocycles. The van der Waals surface area contributed by atoms with Gasteiger partial charge < -0.3 is 10.1 Å². The summed E-state index contributed by atoms with van der Waals surface area (Å²) in [6, 6.07) is 8.26. The van der Waals surface area contributed by atoms with Crippen molar-refractivity contribution in [1.29, 1.82) is 0 Å². The maximum absolute atomic E-state index is 12.8. The minimum Gasteiger partial charge on any atom is -0.454 e. The number of anilines is 1. The Morgan fingerprint density at radius 3 is 2.85 bits per heavy atom. The fourth-order valence-corrected chi connectivity index (χ4v) is 4.16. The molecule has 13 nitrogen and oxygen atoms in total. The fourth-order valence-electron chi connectivity index (χ4n) is 3.31. The van der Waals surface area contributed by atoms with Crippen LogP contribution in [0.2, 0.25) is 0 Å². The molecule has 0 saturated heterocycles. The molecule has 0 atom stereocenters. The van der Waals surface area contributed by atoms with Gasteiger partial charge in [0.1, 0.15) is 17.6 Å². The van der Waals surface area contributed by atoms with E-state index < -0.39 is 11.9 Å². The summed E-state index contributed by atoms with van der Waals surface area (Å²) in [4.78, 5) is 37.5. The zero-order valence-corrected chi connectivity index (χ0v) is 17.9. The van der Waals surface area contributed by atoms with Crippen molar-refractivity contribution in [2.45, 2.75) is 13.2 Å². The summed E-state index contributed by atoms with van der Waals surface area (Å²) in [5.41, 5.74) is 0.929. The molecule has 33 heavy (non-hydrogen) atoms. The monoisotopic (exact) mass is 465 g/mol. The van der Waals surface area contributed by atoms with E-state index in [1.807, 2.05) is 0 Å². The molecule has 1 N–H and O–H groups in total. The first-order valence-corrected chi connectivity index (χ1v) is 10.5. The predicted octanol–water partition coefficient (Wildman–Crippen LogP) is 0.625. The fraction of sp³-hybridized carbons (Fsp3) is 0.158. The van der Waals surface area contributed by atoms with Crippen LogP contribution in [-0.4, -0.2) is 51.2 Å². The molecule has 0 bridgehead atoms. The molecule has 0 aliphatic rings. The first-order chi connectivity index (χ1) is 16.0. The van der Waals surface area contributed by atoms with Gasteiger partial charge in [-0.2, -0.15) is 0 Å². The number of nitrogens with zero attached hydrogens (tertiary/aromatic N) is 8. The number of rotatable bonds is 6. The molecule has 1 amide bonds. The van der Waals surface area contributed by atoms with Crippen LogP contribution in [0.1, 0.15) is 16.2 Å². The van der Waals surface area contributed by atoms with E-state index in [0.29, 0.717) is 21.8 Å². The highest BCUT2D eigenvalue weighted by atomic mass is 32.1. The summed E-state index contributed by atoms with van der Waals surface area (Å²) in [7, 11) is 1.61. The first kappa shape index (κ1) is 20.4. The molecule has 4 aromatic heterocycles. The van der Waals surface area contributed by atoms with Crippen molar-refractivity contribution in [2.75, 3.05) is 5.32 Å². The molecule has 1 aromatic carbocycles. The Hall–Kier alpha value is -4.46. The van der Waals surface area contributed by atoms with E-state index in [2.05, 4.69) is 31.0 Å². The van der Waals surface area contributed by atoms with Crippen molar-refractivity contribution in [2.24, 2.45) is 7.05 Å².